The predicted molar refractivity (Wildman–Crippen MR) is 60.7 cm³/mol. The van der Waals surface area contributed by atoms with Gasteiger partial charge in [-0.25, -0.2) is 4.79 Å². The van der Waals surface area contributed by atoms with E-state index in [0.717, 1.165) is 12.8 Å². The first-order valence-electron chi connectivity index (χ1n) is 5.13. The predicted octanol–water partition coefficient (Wildman–Crippen LogP) is 1.53. The van der Waals surface area contributed by atoms with Crippen LogP contribution in [0, 0.1) is 0 Å². The molecule has 6 heteroatoms. The number of carbonyl (C=O) groups excluding carboxylic acids is 2. The van der Waals surface area contributed by atoms with Crippen molar-refractivity contribution in [3.63, 3.8) is 0 Å². The summed E-state index contributed by atoms with van der Waals surface area (Å²) in [5.41, 5.74) is -0.382. The molecule has 0 bridgehead atoms. The van der Waals surface area contributed by atoms with Gasteiger partial charge in [-0.05, 0) is 13.3 Å². The molecule has 0 aromatic heterocycles. The molecule has 16 heavy (non-hydrogen) atoms. The van der Waals surface area contributed by atoms with Gasteiger partial charge in [0.05, 0.1) is 12.5 Å². The molecule has 92 valence electrons. The molecule has 0 atom stereocenters. The van der Waals surface area contributed by atoms with Gasteiger partial charge in [0.25, 0.3) is 0 Å². The van der Waals surface area contributed by atoms with Gasteiger partial charge >= 0.3 is 5.97 Å². The molecule has 0 spiro atoms. The Morgan fingerprint density at radius 2 is 2.00 bits per heavy atom. The molecule has 0 amide bonds. The molecular formula is C10H16ClNO4. The van der Waals surface area contributed by atoms with Crippen molar-refractivity contribution >= 4 is 29.1 Å². The summed E-state index contributed by atoms with van der Waals surface area (Å²) in [6.45, 7) is 4.15. The number of rotatable bonds is 8. The maximum atomic E-state index is 11.3. The van der Waals surface area contributed by atoms with E-state index in [2.05, 4.69) is 9.89 Å². The molecule has 0 aliphatic carbocycles. The van der Waals surface area contributed by atoms with E-state index in [1.165, 1.54) is 0 Å². The third-order valence-corrected chi connectivity index (χ3v) is 1.84. The van der Waals surface area contributed by atoms with Crippen LogP contribution in [0.25, 0.3) is 0 Å². The Balaban J connectivity index is 4.41. The lowest BCUT2D eigenvalue weighted by Gasteiger charge is -2.03. The second-order valence-electron chi connectivity index (χ2n) is 2.90. The van der Waals surface area contributed by atoms with Crippen LogP contribution >= 0.6 is 11.6 Å². The molecule has 0 aromatic rings. The van der Waals surface area contributed by atoms with E-state index in [4.69, 9.17) is 16.4 Å². The summed E-state index contributed by atoms with van der Waals surface area (Å²) >= 11 is 5.34. The van der Waals surface area contributed by atoms with E-state index in [1.807, 2.05) is 6.92 Å². The second kappa shape index (κ2) is 9.15. The van der Waals surface area contributed by atoms with Crippen LogP contribution in [0.15, 0.2) is 5.16 Å². The SMILES string of the molecule is CCCCON=C(C(=O)CCl)C(=O)OCC. The molecule has 0 rings (SSSR count). The average Bonchev–Trinajstić information content (AvgIpc) is 2.28. The van der Waals surface area contributed by atoms with E-state index in [1.54, 1.807) is 6.92 Å². The van der Waals surface area contributed by atoms with Crippen molar-refractivity contribution in [3.8, 4) is 0 Å². The number of hydrogen-bond donors (Lipinski definition) is 0. The normalized spacial score (nSPS) is 11.1. The molecule has 0 aliphatic rings. The number of alkyl halides is 1. The first-order valence-corrected chi connectivity index (χ1v) is 5.67. The van der Waals surface area contributed by atoms with Gasteiger partial charge in [-0.3, -0.25) is 4.79 Å². The highest BCUT2D eigenvalue weighted by Crippen LogP contribution is 1.94. The largest absolute Gasteiger partial charge is 0.461 e. The highest BCUT2D eigenvalue weighted by atomic mass is 35.5. The Bertz CT molecular complexity index is 266. The summed E-state index contributed by atoms with van der Waals surface area (Å²) in [5, 5.41) is 3.46. The van der Waals surface area contributed by atoms with Crippen molar-refractivity contribution in [1.82, 2.24) is 0 Å². The zero-order valence-corrected chi connectivity index (χ0v) is 10.2. The van der Waals surface area contributed by atoms with E-state index in [9.17, 15) is 9.59 Å². The van der Waals surface area contributed by atoms with Crippen molar-refractivity contribution in [1.29, 1.82) is 0 Å². The van der Waals surface area contributed by atoms with Crippen LogP contribution in [0.4, 0.5) is 0 Å². The van der Waals surface area contributed by atoms with Crippen molar-refractivity contribution < 1.29 is 19.2 Å². The van der Waals surface area contributed by atoms with Gasteiger partial charge in [-0.15, -0.1) is 11.6 Å². The fourth-order valence-electron chi connectivity index (χ4n) is 0.784. The van der Waals surface area contributed by atoms with Crippen LogP contribution in [0.5, 0.6) is 0 Å². The fraction of sp³-hybridized carbons (Fsp3) is 0.700. The maximum absolute atomic E-state index is 11.3. The molecule has 0 heterocycles. The number of esters is 1. The van der Waals surface area contributed by atoms with Crippen LogP contribution in [0.2, 0.25) is 0 Å². The van der Waals surface area contributed by atoms with E-state index >= 15 is 0 Å². The highest BCUT2D eigenvalue weighted by Gasteiger charge is 2.21. The third kappa shape index (κ3) is 5.70. The number of oxime groups is 1. The van der Waals surface area contributed by atoms with E-state index in [0.29, 0.717) is 6.61 Å². The van der Waals surface area contributed by atoms with Crippen molar-refractivity contribution in [2.45, 2.75) is 26.7 Å². The molecule has 0 fully saturated rings. The topological polar surface area (TPSA) is 65.0 Å². The number of carbonyl (C=O) groups is 2. The minimum Gasteiger partial charge on any atom is -0.461 e. The quantitative estimate of drug-likeness (QED) is 0.163. The molecule has 0 saturated heterocycles. The third-order valence-electron chi connectivity index (χ3n) is 1.60. The lowest BCUT2D eigenvalue weighted by molar-refractivity contribution is -0.135. The summed E-state index contributed by atoms with van der Waals surface area (Å²) in [5.74, 6) is -1.73. The number of hydrogen-bond acceptors (Lipinski definition) is 5. The van der Waals surface area contributed by atoms with Crippen molar-refractivity contribution in [2.24, 2.45) is 5.16 Å². The Morgan fingerprint density at radius 1 is 1.31 bits per heavy atom. The van der Waals surface area contributed by atoms with Crippen molar-refractivity contribution in [2.75, 3.05) is 19.1 Å². The molecule has 0 radical (unpaired) electrons. The molecule has 0 aliphatic heterocycles. The van der Waals surface area contributed by atoms with Gasteiger partial charge in [0.2, 0.25) is 11.5 Å². The zero-order chi connectivity index (χ0) is 12.4. The first kappa shape index (κ1) is 14.9. The van der Waals surface area contributed by atoms with Gasteiger partial charge in [0.1, 0.15) is 6.61 Å². The lowest BCUT2D eigenvalue weighted by Crippen LogP contribution is -2.27. The number of unbranched alkanes of at least 4 members (excludes halogenated alkanes) is 1. The smallest absolute Gasteiger partial charge is 0.364 e. The Hall–Kier alpha value is -1.10. The number of halogens is 1. The Morgan fingerprint density at radius 3 is 2.50 bits per heavy atom. The van der Waals surface area contributed by atoms with Crippen LogP contribution in [0.1, 0.15) is 26.7 Å². The van der Waals surface area contributed by atoms with Crippen LogP contribution in [-0.4, -0.2) is 36.6 Å². The second-order valence-corrected chi connectivity index (χ2v) is 3.17. The summed E-state index contributed by atoms with van der Waals surface area (Å²) < 4.78 is 4.65. The minimum absolute atomic E-state index is 0.169. The monoisotopic (exact) mass is 249 g/mol. The standard InChI is InChI=1S/C10H16ClNO4/c1-3-5-6-16-12-9(8(13)7-11)10(14)15-4-2/h3-7H2,1-2H3. The van der Waals surface area contributed by atoms with E-state index in [-0.39, 0.29) is 18.2 Å². The van der Waals surface area contributed by atoms with Gasteiger partial charge in [-0.2, -0.15) is 0 Å². The van der Waals surface area contributed by atoms with Crippen LogP contribution in [-0.2, 0) is 19.2 Å². The lowest BCUT2D eigenvalue weighted by atomic mass is 10.3. The Kier molecular flexibility index (Phi) is 8.52. The van der Waals surface area contributed by atoms with Gasteiger partial charge < -0.3 is 9.57 Å². The molecular weight excluding hydrogens is 234 g/mol. The van der Waals surface area contributed by atoms with E-state index < -0.39 is 11.8 Å². The minimum atomic E-state index is -0.801. The Labute approximate surface area is 99.7 Å². The molecule has 0 unspecified atom stereocenters. The summed E-state index contributed by atoms with van der Waals surface area (Å²) in [6.07, 6.45) is 1.74. The number of ketones is 1. The summed E-state index contributed by atoms with van der Waals surface area (Å²) in [4.78, 5) is 27.4. The molecule has 0 N–H and O–H groups in total. The average molecular weight is 250 g/mol. The van der Waals surface area contributed by atoms with Crippen molar-refractivity contribution in [3.05, 3.63) is 0 Å². The number of ether oxygens (including phenoxy) is 1. The number of Topliss-reactive ketones (excluding diaryl/α,β-unsaturated/α-hetero) is 1. The van der Waals surface area contributed by atoms with Crippen LogP contribution < -0.4 is 0 Å². The fourth-order valence-corrected chi connectivity index (χ4v) is 0.910. The highest BCUT2D eigenvalue weighted by molar-refractivity contribution is 6.67. The number of nitrogens with zero attached hydrogens (tertiary/aromatic N) is 1. The molecule has 0 saturated carbocycles. The molecule has 5 nitrogen and oxygen atoms in total. The summed E-state index contributed by atoms with van der Waals surface area (Å²) in [6, 6.07) is 0. The summed E-state index contributed by atoms with van der Waals surface area (Å²) in [7, 11) is 0. The van der Waals surface area contributed by atoms with Crippen LogP contribution in [0.3, 0.4) is 0 Å². The zero-order valence-electron chi connectivity index (χ0n) is 9.49. The van der Waals surface area contributed by atoms with Gasteiger partial charge in [0, 0.05) is 0 Å². The van der Waals surface area contributed by atoms with Gasteiger partial charge in [0.15, 0.2) is 0 Å². The maximum Gasteiger partial charge on any atom is 0.364 e. The molecule has 0 aromatic carbocycles. The first-order chi connectivity index (χ1) is 7.67. The van der Waals surface area contributed by atoms with Gasteiger partial charge in [-0.1, -0.05) is 18.5 Å².